The fourth-order valence-corrected chi connectivity index (χ4v) is 6.68. The normalized spacial score (nSPS) is 10.4. The van der Waals surface area contributed by atoms with Crippen LogP contribution in [-0.2, 0) is 4.74 Å². The van der Waals surface area contributed by atoms with Crippen LogP contribution >= 0.6 is 7.26 Å². The fourth-order valence-electron chi connectivity index (χ4n) is 2.91. The van der Waals surface area contributed by atoms with Gasteiger partial charge in [0.1, 0.15) is 23.2 Å². The zero-order chi connectivity index (χ0) is 15.3. The second kappa shape index (κ2) is 10.9. The number of benzene rings is 3. The molecule has 0 unspecified atom stereocenters. The summed E-state index contributed by atoms with van der Waals surface area (Å²) >= 11 is 0. The Hall–Kier alpha value is -0.0236. The largest absolute Gasteiger partial charge is 1.00 e. The molecule has 0 aliphatic heterocycles. The van der Waals surface area contributed by atoms with E-state index in [2.05, 4.69) is 91.0 Å². The Morgan fingerprint density at radius 3 is 1.21 bits per heavy atom. The van der Waals surface area contributed by atoms with Crippen molar-refractivity contribution >= 4 is 23.2 Å². The molecule has 0 atom stereocenters. The molecule has 3 aromatic rings. The van der Waals surface area contributed by atoms with Crippen LogP contribution in [0.4, 0.5) is 0 Å². The van der Waals surface area contributed by atoms with E-state index in [-0.39, 0.29) is 65.2 Å². The summed E-state index contributed by atoms with van der Waals surface area (Å²) in [6, 6.07) is 32.3. The average molecular weight is 383 g/mol. The van der Waals surface area contributed by atoms with Crippen molar-refractivity contribution in [3.05, 3.63) is 91.0 Å². The Balaban J connectivity index is 0.00000192. The van der Waals surface area contributed by atoms with Gasteiger partial charge in [-0.25, -0.2) is 0 Å². The quantitative estimate of drug-likeness (QED) is 0.356. The second-order valence-corrected chi connectivity index (χ2v) is 8.66. The third-order valence-corrected chi connectivity index (χ3v) is 8.10. The van der Waals surface area contributed by atoms with Crippen molar-refractivity contribution in [1.82, 2.24) is 0 Å². The van der Waals surface area contributed by atoms with Crippen LogP contribution in [0.25, 0.3) is 0 Å². The van der Waals surface area contributed by atoms with E-state index in [1.807, 2.05) is 0 Å². The van der Waals surface area contributed by atoms with E-state index in [4.69, 9.17) is 4.74 Å². The van der Waals surface area contributed by atoms with Gasteiger partial charge in [0.2, 0.25) is 0 Å². The van der Waals surface area contributed by atoms with Gasteiger partial charge < -0.3 is 18.6 Å². The van der Waals surface area contributed by atoms with E-state index in [1.54, 1.807) is 7.11 Å². The number of ether oxygens (including phenoxy) is 1. The van der Waals surface area contributed by atoms with E-state index in [9.17, 15) is 0 Å². The van der Waals surface area contributed by atoms with Crippen LogP contribution in [-0.4, -0.2) is 13.5 Å². The first-order chi connectivity index (χ1) is 10.9. The molecule has 1 nitrogen and oxygen atoms in total. The summed E-state index contributed by atoms with van der Waals surface area (Å²) in [5.41, 5.74) is 0. The first-order valence-corrected chi connectivity index (χ1v) is 9.39. The van der Waals surface area contributed by atoms with Gasteiger partial charge in [0.25, 0.3) is 0 Å². The van der Waals surface area contributed by atoms with Crippen molar-refractivity contribution in [1.29, 1.82) is 0 Å². The van der Waals surface area contributed by atoms with E-state index in [0.29, 0.717) is 6.35 Å². The SMILES string of the molecule is COC[P+](c1ccccc1)(c1ccccc1)c1ccccc1.[Cl-].[H-].[K+]. The summed E-state index contributed by atoms with van der Waals surface area (Å²) < 4.78 is 5.72. The van der Waals surface area contributed by atoms with Crippen LogP contribution < -0.4 is 79.7 Å². The third-order valence-electron chi connectivity index (χ3n) is 3.91. The van der Waals surface area contributed by atoms with Crippen LogP contribution in [0.1, 0.15) is 1.43 Å². The Morgan fingerprint density at radius 1 is 0.667 bits per heavy atom. The molecule has 0 aliphatic carbocycles. The minimum Gasteiger partial charge on any atom is -1.00 e. The minimum atomic E-state index is -1.78. The van der Waals surface area contributed by atoms with E-state index in [0.717, 1.165) is 0 Å². The number of hydrogen-bond acceptors (Lipinski definition) is 1. The van der Waals surface area contributed by atoms with Crippen LogP contribution in [0.15, 0.2) is 91.0 Å². The number of halogens is 1. The van der Waals surface area contributed by atoms with Gasteiger partial charge >= 0.3 is 51.4 Å². The monoisotopic (exact) mass is 382 g/mol. The van der Waals surface area contributed by atoms with E-state index < -0.39 is 7.26 Å². The molecule has 24 heavy (non-hydrogen) atoms. The maximum absolute atomic E-state index is 5.72. The number of methoxy groups -OCH3 is 1. The summed E-state index contributed by atoms with van der Waals surface area (Å²) in [6.45, 7) is 0. The molecular weight excluding hydrogens is 362 g/mol. The molecule has 0 saturated heterocycles. The van der Waals surface area contributed by atoms with Gasteiger partial charge in [0, 0.05) is 7.11 Å². The van der Waals surface area contributed by atoms with Gasteiger partial charge in [-0.1, -0.05) is 54.6 Å². The van der Waals surface area contributed by atoms with Gasteiger partial charge in [-0.2, -0.15) is 0 Å². The van der Waals surface area contributed by atoms with Gasteiger partial charge in [0.05, 0.1) is 0 Å². The average Bonchev–Trinajstić information content (AvgIpc) is 2.62. The van der Waals surface area contributed by atoms with E-state index in [1.165, 1.54) is 15.9 Å². The summed E-state index contributed by atoms with van der Waals surface area (Å²) in [5, 5.41) is 4.07. The predicted octanol–water partition coefficient (Wildman–Crippen LogP) is -2.30. The van der Waals surface area contributed by atoms with Gasteiger partial charge in [-0.15, -0.1) is 0 Å². The van der Waals surface area contributed by atoms with Crippen LogP contribution in [0.5, 0.6) is 0 Å². The van der Waals surface area contributed by atoms with Crippen molar-refractivity contribution < 1.29 is 70.0 Å². The first kappa shape index (κ1) is 22.0. The summed E-state index contributed by atoms with van der Waals surface area (Å²) in [7, 11) is 0.0197. The smallest absolute Gasteiger partial charge is 1.00 e. The Kier molecular flexibility index (Phi) is 9.96. The summed E-state index contributed by atoms with van der Waals surface area (Å²) in [5.74, 6) is 0. The minimum absolute atomic E-state index is 0. The maximum Gasteiger partial charge on any atom is 1.00 e. The van der Waals surface area contributed by atoms with Crippen molar-refractivity contribution in [3.63, 3.8) is 0 Å². The Labute approximate surface area is 195 Å². The van der Waals surface area contributed by atoms with Crippen molar-refractivity contribution in [2.45, 2.75) is 0 Å². The molecular formula is C20H21ClKOP. The molecule has 3 rings (SSSR count). The Morgan fingerprint density at radius 2 is 0.958 bits per heavy atom. The molecule has 4 heteroatoms. The summed E-state index contributed by atoms with van der Waals surface area (Å²) in [6.07, 6.45) is 0.713. The standard InChI is InChI=1S/C20H20OP.ClH.K.H/c1-21-17-22(18-11-5-2-6-12-18,19-13-7-3-8-14-19)20-15-9-4-10-16-20;;;/h2-16H,17H2,1H3;1H;;/q+1;;+1;-1/p-1. The molecule has 0 radical (unpaired) electrons. The molecule has 0 saturated carbocycles. The molecule has 0 bridgehead atoms. The van der Waals surface area contributed by atoms with Gasteiger partial charge in [-0.05, 0) is 36.4 Å². The van der Waals surface area contributed by atoms with Crippen molar-refractivity contribution in [2.24, 2.45) is 0 Å². The third kappa shape index (κ3) is 4.57. The summed E-state index contributed by atoms with van der Waals surface area (Å²) in [4.78, 5) is 0. The molecule has 0 amide bonds. The molecule has 0 aliphatic rings. The van der Waals surface area contributed by atoms with Crippen LogP contribution in [0.3, 0.4) is 0 Å². The van der Waals surface area contributed by atoms with Crippen LogP contribution in [0, 0.1) is 0 Å². The van der Waals surface area contributed by atoms with Gasteiger partial charge in [-0.3, -0.25) is 0 Å². The van der Waals surface area contributed by atoms with Gasteiger partial charge in [0.15, 0.2) is 6.35 Å². The molecule has 120 valence electrons. The molecule has 0 heterocycles. The zero-order valence-corrected chi connectivity index (χ0v) is 18.9. The van der Waals surface area contributed by atoms with Crippen molar-refractivity contribution in [2.75, 3.05) is 13.5 Å². The molecule has 0 aromatic heterocycles. The van der Waals surface area contributed by atoms with E-state index >= 15 is 0 Å². The van der Waals surface area contributed by atoms with Crippen molar-refractivity contribution in [3.8, 4) is 0 Å². The number of hydrogen-bond donors (Lipinski definition) is 0. The second-order valence-electron chi connectivity index (χ2n) is 5.23. The van der Waals surface area contributed by atoms with Crippen LogP contribution in [0.2, 0.25) is 0 Å². The first-order valence-electron chi connectivity index (χ1n) is 7.42. The molecule has 3 aromatic carbocycles. The maximum atomic E-state index is 5.72. The molecule has 0 spiro atoms. The molecule has 0 N–H and O–H groups in total. The zero-order valence-electron chi connectivity index (χ0n) is 15.1. The Bertz CT molecular complexity index is 617. The fraction of sp³-hybridized carbons (Fsp3) is 0.100. The molecule has 0 fully saturated rings. The number of rotatable bonds is 5. The topological polar surface area (TPSA) is 9.23 Å². The predicted molar refractivity (Wildman–Crippen MR) is 98.1 cm³/mol.